The standard InChI is InChI=1S/C15H24N4O/c1-15(2)9-19(7-5-13(15)20-3)14-11-8-16-6-4-12(11)17-10-18-14/h10,13,16H,4-9H2,1-3H3. The number of hydrogen-bond acceptors (Lipinski definition) is 5. The Kier molecular flexibility index (Phi) is 3.65. The quantitative estimate of drug-likeness (QED) is 0.884. The molecule has 20 heavy (non-hydrogen) atoms. The Hall–Kier alpha value is -1.20. The van der Waals surface area contributed by atoms with Crippen LogP contribution in [0.1, 0.15) is 31.5 Å². The highest BCUT2D eigenvalue weighted by atomic mass is 16.5. The fourth-order valence-corrected chi connectivity index (χ4v) is 3.48. The van der Waals surface area contributed by atoms with E-state index < -0.39 is 0 Å². The van der Waals surface area contributed by atoms with Crippen molar-refractivity contribution >= 4 is 5.82 Å². The smallest absolute Gasteiger partial charge is 0.136 e. The minimum Gasteiger partial charge on any atom is -0.381 e. The van der Waals surface area contributed by atoms with Gasteiger partial charge in [-0.05, 0) is 6.42 Å². The number of methoxy groups -OCH3 is 1. The Bertz CT molecular complexity index is 489. The third-order valence-electron chi connectivity index (χ3n) is 4.57. The van der Waals surface area contributed by atoms with E-state index in [2.05, 4.69) is 34.0 Å². The van der Waals surface area contributed by atoms with Crippen LogP contribution in [0.4, 0.5) is 5.82 Å². The molecule has 0 aliphatic carbocycles. The number of rotatable bonds is 2. The molecule has 0 bridgehead atoms. The average Bonchev–Trinajstić information content (AvgIpc) is 2.45. The van der Waals surface area contributed by atoms with Gasteiger partial charge < -0.3 is 15.0 Å². The molecule has 5 nitrogen and oxygen atoms in total. The van der Waals surface area contributed by atoms with Crippen molar-refractivity contribution in [2.24, 2.45) is 5.41 Å². The van der Waals surface area contributed by atoms with Gasteiger partial charge in [0.15, 0.2) is 0 Å². The lowest BCUT2D eigenvalue weighted by Crippen LogP contribution is -2.50. The Labute approximate surface area is 120 Å². The predicted molar refractivity (Wildman–Crippen MR) is 78.9 cm³/mol. The Morgan fingerprint density at radius 2 is 2.25 bits per heavy atom. The summed E-state index contributed by atoms with van der Waals surface area (Å²) in [6, 6.07) is 0. The zero-order valence-electron chi connectivity index (χ0n) is 12.6. The van der Waals surface area contributed by atoms with Crippen LogP contribution in [-0.4, -0.2) is 42.8 Å². The van der Waals surface area contributed by atoms with Gasteiger partial charge in [-0.15, -0.1) is 0 Å². The molecule has 5 heteroatoms. The van der Waals surface area contributed by atoms with Gasteiger partial charge in [-0.2, -0.15) is 0 Å². The molecule has 1 N–H and O–H groups in total. The number of aromatic nitrogens is 2. The first-order valence-corrected chi connectivity index (χ1v) is 7.43. The summed E-state index contributed by atoms with van der Waals surface area (Å²) in [7, 11) is 1.82. The second-order valence-electron chi connectivity index (χ2n) is 6.47. The summed E-state index contributed by atoms with van der Waals surface area (Å²) < 4.78 is 5.63. The molecule has 0 spiro atoms. The second kappa shape index (κ2) is 5.30. The molecule has 1 fully saturated rings. The van der Waals surface area contributed by atoms with Crippen LogP contribution in [0.2, 0.25) is 0 Å². The zero-order valence-corrected chi connectivity index (χ0v) is 12.6. The van der Waals surface area contributed by atoms with E-state index in [9.17, 15) is 0 Å². The van der Waals surface area contributed by atoms with Crippen LogP contribution >= 0.6 is 0 Å². The van der Waals surface area contributed by atoms with E-state index >= 15 is 0 Å². The molecular formula is C15H24N4O. The summed E-state index contributed by atoms with van der Waals surface area (Å²) in [5, 5.41) is 3.43. The lowest BCUT2D eigenvalue weighted by molar-refractivity contribution is -0.00648. The summed E-state index contributed by atoms with van der Waals surface area (Å²) in [6.45, 7) is 8.44. The summed E-state index contributed by atoms with van der Waals surface area (Å²) in [6.07, 6.45) is 4.10. The molecule has 1 unspecified atom stereocenters. The molecule has 0 saturated carbocycles. The van der Waals surface area contributed by atoms with Crippen LogP contribution in [0.15, 0.2) is 6.33 Å². The van der Waals surface area contributed by atoms with E-state index in [4.69, 9.17) is 4.74 Å². The topological polar surface area (TPSA) is 50.3 Å². The van der Waals surface area contributed by atoms with Gasteiger partial charge in [0.1, 0.15) is 12.1 Å². The first kappa shape index (κ1) is 13.8. The lowest BCUT2D eigenvalue weighted by Gasteiger charge is -2.44. The van der Waals surface area contributed by atoms with Gasteiger partial charge in [-0.25, -0.2) is 9.97 Å². The normalized spacial score (nSPS) is 25.4. The molecule has 2 aliphatic heterocycles. The monoisotopic (exact) mass is 276 g/mol. The maximum absolute atomic E-state index is 5.63. The fourth-order valence-electron chi connectivity index (χ4n) is 3.48. The van der Waals surface area contributed by atoms with Crippen LogP contribution in [0.5, 0.6) is 0 Å². The third kappa shape index (κ3) is 2.40. The van der Waals surface area contributed by atoms with E-state index in [-0.39, 0.29) is 5.41 Å². The van der Waals surface area contributed by atoms with E-state index in [1.165, 1.54) is 11.3 Å². The number of nitrogens with one attached hydrogen (secondary N) is 1. The van der Waals surface area contributed by atoms with Crippen LogP contribution in [-0.2, 0) is 17.7 Å². The number of anilines is 1. The van der Waals surface area contributed by atoms with Crippen molar-refractivity contribution in [2.75, 3.05) is 31.6 Å². The van der Waals surface area contributed by atoms with E-state index in [0.717, 1.165) is 44.8 Å². The molecule has 1 aromatic rings. The molecule has 3 rings (SSSR count). The first-order chi connectivity index (χ1) is 9.62. The number of piperidine rings is 1. The maximum atomic E-state index is 5.63. The average molecular weight is 276 g/mol. The van der Waals surface area contributed by atoms with Gasteiger partial charge in [0.05, 0.1) is 11.8 Å². The summed E-state index contributed by atoms with van der Waals surface area (Å²) in [5.74, 6) is 1.12. The van der Waals surface area contributed by atoms with Crippen molar-refractivity contribution in [3.8, 4) is 0 Å². The maximum Gasteiger partial charge on any atom is 0.136 e. The molecule has 0 aromatic carbocycles. The molecule has 1 saturated heterocycles. The van der Waals surface area contributed by atoms with Crippen LogP contribution < -0.4 is 10.2 Å². The van der Waals surface area contributed by atoms with E-state index in [1.807, 2.05) is 7.11 Å². The minimum absolute atomic E-state index is 0.146. The van der Waals surface area contributed by atoms with Gasteiger partial charge in [-0.3, -0.25) is 0 Å². The predicted octanol–water partition coefficient (Wildman–Crippen LogP) is 1.37. The molecule has 0 radical (unpaired) electrons. The Morgan fingerprint density at radius 3 is 3.00 bits per heavy atom. The highest BCUT2D eigenvalue weighted by molar-refractivity contribution is 5.50. The molecule has 3 heterocycles. The van der Waals surface area contributed by atoms with Crippen molar-refractivity contribution in [3.05, 3.63) is 17.6 Å². The molecule has 1 aromatic heterocycles. The second-order valence-corrected chi connectivity index (χ2v) is 6.47. The number of hydrogen-bond donors (Lipinski definition) is 1. The van der Waals surface area contributed by atoms with Crippen molar-refractivity contribution in [1.82, 2.24) is 15.3 Å². The van der Waals surface area contributed by atoms with Crippen molar-refractivity contribution < 1.29 is 4.74 Å². The fraction of sp³-hybridized carbons (Fsp3) is 0.733. The van der Waals surface area contributed by atoms with Crippen LogP contribution in [0.25, 0.3) is 0 Å². The van der Waals surface area contributed by atoms with Gasteiger partial charge in [0.2, 0.25) is 0 Å². The van der Waals surface area contributed by atoms with Crippen LogP contribution in [0.3, 0.4) is 0 Å². The number of ether oxygens (including phenoxy) is 1. The molecule has 2 aliphatic rings. The van der Waals surface area contributed by atoms with E-state index in [0.29, 0.717) is 6.10 Å². The number of nitrogens with zero attached hydrogens (tertiary/aromatic N) is 3. The summed E-state index contributed by atoms with van der Waals surface area (Å²) in [5.41, 5.74) is 2.64. The van der Waals surface area contributed by atoms with Crippen molar-refractivity contribution in [3.63, 3.8) is 0 Å². The zero-order chi connectivity index (χ0) is 14.2. The first-order valence-electron chi connectivity index (χ1n) is 7.43. The largest absolute Gasteiger partial charge is 0.381 e. The van der Waals surface area contributed by atoms with Gasteiger partial charge in [-0.1, -0.05) is 13.8 Å². The lowest BCUT2D eigenvalue weighted by atomic mass is 9.81. The van der Waals surface area contributed by atoms with Crippen molar-refractivity contribution in [1.29, 1.82) is 0 Å². The Balaban J connectivity index is 1.87. The molecular weight excluding hydrogens is 252 g/mol. The summed E-state index contributed by atoms with van der Waals surface area (Å²) >= 11 is 0. The van der Waals surface area contributed by atoms with Gasteiger partial charge >= 0.3 is 0 Å². The molecule has 110 valence electrons. The van der Waals surface area contributed by atoms with E-state index in [1.54, 1.807) is 6.33 Å². The van der Waals surface area contributed by atoms with Gasteiger partial charge in [0.25, 0.3) is 0 Å². The molecule has 0 amide bonds. The highest BCUT2D eigenvalue weighted by Gasteiger charge is 2.37. The third-order valence-corrected chi connectivity index (χ3v) is 4.57. The summed E-state index contributed by atoms with van der Waals surface area (Å²) in [4.78, 5) is 11.4. The van der Waals surface area contributed by atoms with Gasteiger partial charge in [0, 0.05) is 50.7 Å². The highest BCUT2D eigenvalue weighted by Crippen LogP contribution is 2.34. The Morgan fingerprint density at radius 1 is 1.40 bits per heavy atom. The minimum atomic E-state index is 0.146. The number of fused-ring (bicyclic) bond motifs is 1. The molecule has 1 atom stereocenters. The van der Waals surface area contributed by atoms with Crippen molar-refractivity contribution in [2.45, 2.75) is 39.3 Å². The SMILES string of the molecule is COC1CCN(c2ncnc3c2CNCC3)CC1(C)C. The van der Waals surface area contributed by atoms with Crippen LogP contribution in [0, 0.1) is 5.41 Å².